The van der Waals surface area contributed by atoms with Crippen molar-refractivity contribution < 1.29 is 26.4 Å². The molecule has 37 heavy (non-hydrogen) atoms. The quantitative estimate of drug-likeness (QED) is 0.440. The van der Waals surface area contributed by atoms with E-state index < -0.39 is 26.0 Å². The first-order valence-electron chi connectivity index (χ1n) is 12.4. The normalized spacial score (nSPS) is 19.5. The van der Waals surface area contributed by atoms with Gasteiger partial charge in [0, 0.05) is 31.2 Å². The Hall–Kier alpha value is -2.18. The molecule has 0 aliphatic carbocycles. The Kier molecular flexibility index (Phi) is 9.12. The lowest BCUT2D eigenvalue weighted by atomic mass is 9.99. The van der Waals surface area contributed by atoms with Gasteiger partial charge in [-0.25, -0.2) is 21.1 Å². The second-order valence-electron chi connectivity index (χ2n) is 9.31. The average molecular weight is 570 g/mol. The van der Waals surface area contributed by atoms with Crippen molar-refractivity contribution in [2.24, 2.45) is 5.92 Å². The fourth-order valence-corrected chi connectivity index (χ4v) is 7.94. The third-order valence-corrected chi connectivity index (χ3v) is 10.5. The first-order chi connectivity index (χ1) is 17.6. The summed E-state index contributed by atoms with van der Waals surface area (Å²) >= 11 is 5.98. The number of halogens is 1. The number of carbonyl (C=O) groups excluding carboxylic acids is 1. The molecule has 2 aliphatic heterocycles. The fourth-order valence-electron chi connectivity index (χ4n) is 4.61. The minimum absolute atomic E-state index is 0.141. The summed E-state index contributed by atoms with van der Waals surface area (Å²) in [4.78, 5) is 12.9. The molecule has 2 aliphatic rings. The highest BCUT2D eigenvalue weighted by Gasteiger charge is 2.32. The van der Waals surface area contributed by atoms with Crippen LogP contribution in [-0.2, 0) is 30.6 Å². The van der Waals surface area contributed by atoms with Crippen molar-refractivity contribution in [2.75, 3.05) is 39.3 Å². The number of benzene rings is 2. The molecule has 2 aromatic carbocycles. The summed E-state index contributed by atoms with van der Waals surface area (Å²) in [6.07, 6.45) is 2.98. The summed E-state index contributed by atoms with van der Waals surface area (Å²) in [6.45, 7) is 2.08. The van der Waals surface area contributed by atoms with Crippen LogP contribution in [0.2, 0.25) is 5.02 Å². The van der Waals surface area contributed by atoms with Crippen molar-refractivity contribution in [3.8, 4) is 5.75 Å². The number of hydrogen-bond acceptors (Lipinski definition) is 6. The van der Waals surface area contributed by atoms with Crippen molar-refractivity contribution >= 4 is 37.6 Å². The maximum atomic E-state index is 12.9. The first-order valence-corrected chi connectivity index (χ1v) is 15.8. The standard InChI is InChI=1S/C25H32ClN3O6S2/c26-22-7-3-5-20(17-22)19-36(31,32)29-15-4-6-21(18-29)25(30)27-12-16-35-23-8-10-24(11-9-23)37(33,34)28-13-1-2-14-28/h3,5,7-11,17,21H,1-2,4,6,12-16,18-19H2,(H,27,30)/t21-/m1/s1. The SMILES string of the molecule is O=C(NCCOc1ccc(S(=O)(=O)N2CCCC2)cc1)[C@@H]1CCCN(S(=O)(=O)Cc2cccc(Cl)c2)C1. The molecular formula is C25H32ClN3O6S2. The summed E-state index contributed by atoms with van der Waals surface area (Å²) < 4.78 is 59.6. The number of piperidine rings is 1. The maximum Gasteiger partial charge on any atom is 0.243 e. The topological polar surface area (TPSA) is 113 Å². The van der Waals surface area contributed by atoms with E-state index in [1.807, 2.05) is 0 Å². The van der Waals surface area contributed by atoms with E-state index >= 15 is 0 Å². The smallest absolute Gasteiger partial charge is 0.243 e. The molecule has 0 unspecified atom stereocenters. The largest absolute Gasteiger partial charge is 0.492 e. The highest BCUT2D eigenvalue weighted by molar-refractivity contribution is 7.89. The number of hydrogen-bond donors (Lipinski definition) is 1. The lowest BCUT2D eigenvalue weighted by Gasteiger charge is -2.31. The molecule has 2 fully saturated rings. The molecular weight excluding hydrogens is 538 g/mol. The van der Waals surface area contributed by atoms with E-state index in [0.717, 1.165) is 12.8 Å². The van der Waals surface area contributed by atoms with Crippen LogP contribution in [0.1, 0.15) is 31.2 Å². The van der Waals surface area contributed by atoms with E-state index in [1.165, 1.54) is 20.7 Å². The maximum absolute atomic E-state index is 12.9. The number of ether oxygens (including phenoxy) is 1. The lowest BCUT2D eigenvalue weighted by molar-refractivity contribution is -0.126. The molecule has 9 nitrogen and oxygen atoms in total. The van der Waals surface area contributed by atoms with Gasteiger partial charge in [-0.2, -0.15) is 4.31 Å². The number of rotatable bonds is 10. The van der Waals surface area contributed by atoms with Crippen molar-refractivity contribution in [2.45, 2.75) is 36.3 Å². The second-order valence-corrected chi connectivity index (χ2v) is 13.6. The Morgan fingerprint density at radius 1 is 0.973 bits per heavy atom. The van der Waals surface area contributed by atoms with Gasteiger partial charge in [0.05, 0.1) is 23.1 Å². The van der Waals surface area contributed by atoms with Gasteiger partial charge in [0.25, 0.3) is 0 Å². The highest BCUT2D eigenvalue weighted by atomic mass is 35.5. The van der Waals surface area contributed by atoms with E-state index in [2.05, 4.69) is 5.32 Å². The molecule has 1 atom stereocenters. The molecule has 0 bridgehead atoms. The molecule has 0 saturated carbocycles. The third-order valence-electron chi connectivity index (χ3n) is 6.58. The minimum Gasteiger partial charge on any atom is -0.492 e. The van der Waals surface area contributed by atoms with Crippen LogP contribution in [0.5, 0.6) is 5.75 Å². The zero-order valence-corrected chi connectivity index (χ0v) is 22.9. The van der Waals surface area contributed by atoms with E-state index in [0.29, 0.717) is 48.8 Å². The Labute approximate surface area is 223 Å². The van der Waals surface area contributed by atoms with Crippen molar-refractivity contribution in [3.05, 3.63) is 59.1 Å². The van der Waals surface area contributed by atoms with Gasteiger partial charge in [-0.15, -0.1) is 0 Å². The van der Waals surface area contributed by atoms with E-state index in [-0.39, 0.29) is 36.3 Å². The van der Waals surface area contributed by atoms with Crippen molar-refractivity contribution in [1.29, 1.82) is 0 Å². The number of carbonyl (C=O) groups is 1. The molecule has 0 radical (unpaired) electrons. The van der Waals surface area contributed by atoms with Gasteiger partial charge in [-0.1, -0.05) is 23.7 Å². The van der Waals surface area contributed by atoms with Crippen LogP contribution in [0.15, 0.2) is 53.4 Å². The summed E-state index contributed by atoms with van der Waals surface area (Å²) in [5, 5.41) is 3.30. The zero-order chi connectivity index (χ0) is 26.5. The molecule has 2 heterocycles. The lowest BCUT2D eigenvalue weighted by Crippen LogP contribution is -2.46. The van der Waals surface area contributed by atoms with Crippen LogP contribution >= 0.6 is 11.6 Å². The Morgan fingerprint density at radius 3 is 2.38 bits per heavy atom. The summed E-state index contributed by atoms with van der Waals surface area (Å²) in [6, 6.07) is 13.0. The Balaban J connectivity index is 1.23. The number of nitrogens with one attached hydrogen (secondary N) is 1. The first kappa shape index (κ1) is 27.8. The van der Waals surface area contributed by atoms with Gasteiger partial charge >= 0.3 is 0 Å². The molecule has 1 N–H and O–H groups in total. The Morgan fingerprint density at radius 2 is 1.68 bits per heavy atom. The molecule has 4 rings (SSSR count). The van der Waals surface area contributed by atoms with Crippen LogP contribution in [0, 0.1) is 5.92 Å². The van der Waals surface area contributed by atoms with Gasteiger partial charge in [0.2, 0.25) is 26.0 Å². The van der Waals surface area contributed by atoms with Gasteiger partial charge in [-0.3, -0.25) is 4.79 Å². The van der Waals surface area contributed by atoms with Crippen LogP contribution in [0.3, 0.4) is 0 Å². The number of sulfonamides is 2. The molecule has 0 aromatic heterocycles. The van der Waals surface area contributed by atoms with Crippen LogP contribution < -0.4 is 10.1 Å². The minimum atomic E-state index is -3.58. The highest BCUT2D eigenvalue weighted by Crippen LogP contribution is 2.24. The predicted molar refractivity (Wildman–Crippen MR) is 141 cm³/mol. The van der Waals surface area contributed by atoms with E-state index in [1.54, 1.807) is 36.4 Å². The Bertz CT molecular complexity index is 1300. The fraction of sp³-hybridized carbons (Fsp3) is 0.480. The summed E-state index contributed by atoms with van der Waals surface area (Å²) in [7, 11) is -7.05. The molecule has 12 heteroatoms. The van der Waals surface area contributed by atoms with Crippen molar-refractivity contribution in [1.82, 2.24) is 13.9 Å². The van der Waals surface area contributed by atoms with Gasteiger partial charge < -0.3 is 10.1 Å². The van der Waals surface area contributed by atoms with E-state index in [9.17, 15) is 21.6 Å². The second kappa shape index (κ2) is 12.1. The van der Waals surface area contributed by atoms with E-state index in [4.69, 9.17) is 16.3 Å². The van der Waals surface area contributed by atoms with Gasteiger partial charge in [0.1, 0.15) is 12.4 Å². The van der Waals surface area contributed by atoms with Gasteiger partial charge in [-0.05, 0) is 67.6 Å². The van der Waals surface area contributed by atoms with Crippen LogP contribution in [0.25, 0.3) is 0 Å². The number of amides is 1. The van der Waals surface area contributed by atoms with Crippen molar-refractivity contribution in [3.63, 3.8) is 0 Å². The molecule has 202 valence electrons. The summed E-state index contributed by atoms with van der Waals surface area (Å²) in [5.74, 6) is -0.296. The van der Waals surface area contributed by atoms with Gasteiger partial charge in [0.15, 0.2) is 0 Å². The zero-order valence-electron chi connectivity index (χ0n) is 20.5. The monoisotopic (exact) mass is 569 g/mol. The average Bonchev–Trinajstić information content (AvgIpc) is 3.43. The van der Waals surface area contributed by atoms with Crippen LogP contribution in [0.4, 0.5) is 0 Å². The molecule has 1 amide bonds. The molecule has 2 aromatic rings. The predicted octanol–water partition coefficient (Wildman–Crippen LogP) is 2.86. The summed E-state index contributed by atoms with van der Waals surface area (Å²) in [5.41, 5.74) is 0.609. The molecule has 0 spiro atoms. The molecule has 2 saturated heterocycles. The van der Waals surface area contributed by atoms with Crippen LogP contribution in [-0.4, -0.2) is 70.7 Å². The third kappa shape index (κ3) is 7.23. The number of nitrogens with zero attached hydrogens (tertiary/aromatic N) is 2.